The average molecular weight is 362 g/mol. The highest BCUT2D eigenvalue weighted by Crippen LogP contribution is 2.23. The maximum absolute atomic E-state index is 12.9. The van der Waals surface area contributed by atoms with Crippen LogP contribution in [0.1, 0.15) is 11.1 Å². The van der Waals surface area contributed by atoms with Gasteiger partial charge in [0.1, 0.15) is 5.82 Å². The zero-order valence-corrected chi connectivity index (χ0v) is 13.7. The van der Waals surface area contributed by atoms with Crippen molar-refractivity contribution in [2.75, 3.05) is 0 Å². The van der Waals surface area contributed by atoms with E-state index >= 15 is 0 Å². The van der Waals surface area contributed by atoms with Gasteiger partial charge in [0.2, 0.25) is 5.90 Å². The second-order valence-electron chi connectivity index (χ2n) is 4.92. The SMILES string of the molecule is O=C1OC(/C=C/c2ccc(Cl)cc2Cl)=NC/1=C\c1ccc(F)cc1. The fourth-order valence-electron chi connectivity index (χ4n) is 2.01. The maximum atomic E-state index is 12.9. The molecule has 120 valence electrons. The van der Waals surface area contributed by atoms with E-state index in [1.807, 2.05) is 0 Å². The summed E-state index contributed by atoms with van der Waals surface area (Å²) in [7, 11) is 0. The molecule has 0 bridgehead atoms. The molecule has 1 aliphatic heterocycles. The summed E-state index contributed by atoms with van der Waals surface area (Å²) in [4.78, 5) is 15.9. The predicted molar refractivity (Wildman–Crippen MR) is 93.4 cm³/mol. The number of carbonyl (C=O) groups excluding carboxylic acids is 1. The van der Waals surface area contributed by atoms with Gasteiger partial charge in [0.25, 0.3) is 0 Å². The van der Waals surface area contributed by atoms with E-state index < -0.39 is 5.97 Å². The summed E-state index contributed by atoms with van der Waals surface area (Å²) in [5.41, 5.74) is 1.51. The Bertz CT molecular complexity index is 886. The minimum atomic E-state index is -0.568. The Hall–Kier alpha value is -2.43. The van der Waals surface area contributed by atoms with Gasteiger partial charge in [-0.25, -0.2) is 14.2 Å². The number of benzene rings is 2. The number of cyclic esters (lactones) is 1. The van der Waals surface area contributed by atoms with Crippen molar-refractivity contribution in [2.24, 2.45) is 4.99 Å². The first-order valence-corrected chi connectivity index (χ1v) is 7.68. The monoisotopic (exact) mass is 361 g/mol. The smallest absolute Gasteiger partial charge is 0.363 e. The molecule has 6 heteroatoms. The molecule has 0 amide bonds. The maximum Gasteiger partial charge on any atom is 0.363 e. The van der Waals surface area contributed by atoms with Crippen LogP contribution in [0.25, 0.3) is 12.2 Å². The van der Waals surface area contributed by atoms with Gasteiger partial charge in [0.05, 0.1) is 0 Å². The second-order valence-corrected chi connectivity index (χ2v) is 5.76. The number of nitrogens with zero attached hydrogens (tertiary/aromatic N) is 1. The van der Waals surface area contributed by atoms with Gasteiger partial charge < -0.3 is 4.74 Å². The quantitative estimate of drug-likeness (QED) is 0.560. The summed E-state index contributed by atoms with van der Waals surface area (Å²) in [5, 5.41) is 1.01. The Kier molecular flexibility index (Phi) is 4.79. The van der Waals surface area contributed by atoms with Crippen molar-refractivity contribution < 1.29 is 13.9 Å². The molecule has 0 saturated heterocycles. The van der Waals surface area contributed by atoms with Crippen LogP contribution >= 0.6 is 23.2 Å². The van der Waals surface area contributed by atoms with Crippen LogP contribution in [0.5, 0.6) is 0 Å². The lowest BCUT2D eigenvalue weighted by molar-refractivity contribution is -0.129. The van der Waals surface area contributed by atoms with Crippen molar-refractivity contribution in [3.8, 4) is 0 Å². The van der Waals surface area contributed by atoms with Gasteiger partial charge in [-0.3, -0.25) is 0 Å². The van der Waals surface area contributed by atoms with Crippen molar-refractivity contribution in [3.63, 3.8) is 0 Å². The highest BCUT2D eigenvalue weighted by molar-refractivity contribution is 6.35. The minimum Gasteiger partial charge on any atom is -0.403 e. The van der Waals surface area contributed by atoms with Gasteiger partial charge in [-0.15, -0.1) is 0 Å². The number of ether oxygens (including phenoxy) is 1. The molecular formula is C18H10Cl2FNO2. The predicted octanol–water partition coefficient (Wildman–Crippen LogP) is 5.14. The summed E-state index contributed by atoms with van der Waals surface area (Å²) in [5.74, 6) is -0.765. The molecule has 0 fully saturated rings. The summed E-state index contributed by atoms with van der Waals surface area (Å²) in [6.07, 6.45) is 4.74. The Morgan fingerprint density at radius 2 is 1.79 bits per heavy atom. The minimum absolute atomic E-state index is 0.142. The Morgan fingerprint density at radius 3 is 2.50 bits per heavy atom. The van der Waals surface area contributed by atoms with Gasteiger partial charge in [-0.1, -0.05) is 41.4 Å². The standard InChI is InChI=1S/C18H10Cl2FNO2/c19-13-5-3-12(15(20)10-13)4-8-17-22-16(18(23)24-17)9-11-1-6-14(21)7-2-11/h1-10H/b8-4+,16-9-. The molecule has 1 heterocycles. The molecular weight excluding hydrogens is 352 g/mol. The van der Waals surface area contributed by atoms with E-state index in [2.05, 4.69) is 4.99 Å². The third-order valence-corrected chi connectivity index (χ3v) is 3.74. The van der Waals surface area contributed by atoms with Crippen molar-refractivity contribution in [2.45, 2.75) is 0 Å². The van der Waals surface area contributed by atoms with Crippen molar-refractivity contribution in [3.05, 3.63) is 81.2 Å². The van der Waals surface area contributed by atoms with Crippen LogP contribution in [0.4, 0.5) is 4.39 Å². The Labute approximate surface area is 147 Å². The van der Waals surface area contributed by atoms with E-state index in [4.69, 9.17) is 27.9 Å². The fraction of sp³-hybridized carbons (Fsp3) is 0. The lowest BCUT2D eigenvalue weighted by Gasteiger charge is -1.98. The molecule has 0 radical (unpaired) electrons. The first-order chi connectivity index (χ1) is 11.5. The molecule has 2 aromatic carbocycles. The van der Waals surface area contributed by atoms with Crippen LogP contribution in [0.15, 0.2) is 59.2 Å². The van der Waals surface area contributed by atoms with E-state index in [0.717, 1.165) is 5.56 Å². The topological polar surface area (TPSA) is 38.7 Å². The van der Waals surface area contributed by atoms with E-state index in [1.165, 1.54) is 18.2 Å². The number of carbonyl (C=O) groups is 1. The van der Waals surface area contributed by atoms with E-state index in [1.54, 1.807) is 42.5 Å². The number of hydrogen-bond donors (Lipinski definition) is 0. The third kappa shape index (κ3) is 3.91. The zero-order valence-electron chi connectivity index (χ0n) is 12.2. The average Bonchev–Trinajstić information content (AvgIpc) is 2.89. The number of rotatable bonds is 3. The molecule has 2 aromatic rings. The molecule has 0 spiro atoms. The summed E-state index contributed by atoms with van der Waals surface area (Å²) in [6, 6.07) is 10.8. The molecule has 0 unspecified atom stereocenters. The summed E-state index contributed by atoms with van der Waals surface area (Å²) < 4.78 is 18.0. The molecule has 1 aliphatic rings. The van der Waals surface area contributed by atoms with Crippen molar-refractivity contribution >= 4 is 47.2 Å². The molecule has 0 aliphatic carbocycles. The second kappa shape index (κ2) is 6.99. The van der Waals surface area contributed by atoms with E-state index in [0.29, 0.717) is 15.6 Å². The van der Waals surface area contributed by atoms with E-state index in [9.17, 15) is 9.18 Å². The van der Waals surface area contributed by atoms with Crippen LogP contribution in [0, 0.1) is 5.82 Å². The highest BCUT2D eigenvalue weighted by atomic mass is 35.5. The first kappa shape index (κ1) is 16.4. The fourth-order valence-corrected chi connectivity index (χ4v) is 2.48. The van der Waals surface area contributed by atoms with Crippen molar-refractivity contribution in [1.29, 1.82) is 0 Å². The lowest BCUT2D eigenvalue weighted by atomic mass is 10.2. The van der Waals surface area contributed by atoms with Crippen LogP contribution in [-0.2, 0) is 9.53 Å². The molecule has 0 N–H and O–H groups in total. The normalized spacial score (nSPS) is 15.9. The molecule has 3 nitrogen and oxygen atoms in total. The van der Waals surface area contributed by atoms with E-state index in [-0.39, 0.29) is 17.4 Å². The number of esters is 1. The molecule has 0 aromatic heterocycles. The van der Waals surface area contributed by atoms with Gasteiger partial charge in [-0.05, 0) is 47.5 Å². The summed E-state index contributed by atoms with van der Waals surface area (Å²) >= 11 is 11.9. The van der Waals surface area contributed by atoms with Crippen LogP contribution in [-0.4, -0.2) is 11.9 Å². The number of hydrogen-bond acceptors (Lipinski definition) is 3. The molecule has 24 heavy (non-hydrogen) atoms. The third-order valence-electron chi connectivity index (χ3n) is 3.18. The Balaban J connectivity index is 1.81. The largest absolute Gasteiger partial charge is 0.403 e. The lowest BCUT2D eigenvalue weighted by Crippen LogP contribution is -2.01. The Morgan fingerprint density at radius 1 is 1.04 bits per heavy atom. The van der Waals surface area contributed by atoms with Crippen molar-refractivity contribution in [1.82, 2.24) is 0 Å². The van der Waals surface area contributed by atoms with Gasteiger partial charge in [0.15, 0.2) is 5.70 Å². The summed E-state index contributed by atoms with van der Waals surface area (Å²) in [6.45, 7) is 0. The number of halogens is 3. The van der Waals surface area contributed by atoms with Crippen LogP contribution in [0.2, 0.25) is 10.0 Å². The van der Waals surface area contributed by atoms with Gasteiger partial charge in [-0.2, -0.15) is 0 Å². The zero-order chi connectivity index (χ0) is 17.1. The van der Waals surface area contributed by atoms with Crippen LogP contribution < -0.4 is 0 Å². The van der Waals surface area contributed by atoms with Gasteiger partial charge >= 0.3 is 5.97 Å². The van der Waals surface area contributed by atoms with Crippen LogP contribution in [0.3, 0.4) is 0 Å². The number of aliphatic imine (C=N–C) groups is 1. The highest BCUT2D eigenvalue weighted by Gasteiger charge is 2.21. The molecule has 3 rings (SSSR count). The molecule has 0 atom stereocenters. The molecule has 0 saturated carbocycles. The first-order valence-electron chi connectivity index (χ1n) is 6.92. The van der Waals surface area contributed by atoms with Gasteiger partial charge in [0, 0.05) is 16.1 Å².